The van der Waals surface area contributed by atoms with E-state index in [1.165, 1.54) is 11.8 Å². The zero-order valence-electron chi connectivity index (χ0n) is 11.3. The monoisotopic (exact) mass is 303 g/mol. The summed E-state index contributed by atoms with van der Waals surface area (Å²) in [5.41, 5.74) is 6.62. The summed E-state index contributed by atoms with van der Waals surface area (Å²) in [7, 11) is 1.62. The lowest BCUT2D eigenvalue weighted by Crippen LogP contribution is -1.91. The lowest BCUT2D eigenvalue weighted by molar-refractivity contribution is 0.414. The van der Waals surface area contributed by atoms with E-state index in [-0.39, 0.29) is 0 Å². The molecule has 0 saturated carbocycles. The van der Waals surface area contributed by atoms with Crippen molar-refractivity contribution in [3.8, 4) is 17.4 Å². The molecule has 21 heavy (non-hydrogen) atoms. The van der Waals surface area contributed by atoms with Crippen LogP contribution >= 0.6 is 11.8 Å². The highest BCUT2D eigenvalue weighted by Gasteiger charge is 2.12. The molecule has 0 aliphatic rings. The molecule has 7 heteroatoms. The molecule has 2 N–H and O–H groups in total. The number of benzene rings is 1. The van der Waals surface area contributed by atoms with E-state index >= 15 is 0 Å². The predicted molar refractivity (Wildman–Crippen MR) is 79.0 cm³/mol. The smallest absolute Gasteiger partial charge is 0.283 e. The lowest BCUT2D eigenvalue weighted by atomic mass is 10.3. The third-order valence-electron chi connectivity index (χ3n) is 2.77. The van der Waals surface area contributed by atoms with Gasteiger partial charge in [0.1, 0.15) is 5.75 Å². The van der Waals surface area contributed by atoms with Gasteiger partial charge in [0, 0.05) is 10.6 Å². The molecule has 0 bridgehead atoms. The minimum absolute atomic E-state index is 0.370. The largest absolute Gasteiger partial charge is 0.497 e. The lowest BCUT2D eigenvalue weighted by Gasteiger charge is -2.06. The highest BCUT2D eigenvalue weighted by Crippen LogP contribution is 2.31. The van der Waals surface area contributed by atoms with Crippen molar-refractivity contribution in [3.05, 3.63) is 42.5 Å². The first-order valence-corrected chi connectivity index (χ1v) is 7.17. The Morgan fingerprint density at radius 2 is 2.19 bits per heavy atom. The summed E-state index contributed by atoms with van der Waals surface area (Å²) < 4.78 is 15.9. The molecule has 0 radical (unpaired) electrons. The van der Waals surface area contributed by atoms with Gasteiger partial charge in [-0.05, 0) is 30.3 Å². The van der Waals surface area contributed by atoms with Gasteiger partial charge in [0.25, 0.3) is 5.89 Å². The van der Waals surface area contributed by atoms with Crippen LogP contribution in [0.1, 0.15) is 5.89 Å². The molecule has 0 unspecified atom stereocenters. The van der Waals surface area contributed by atoms with E-state index in [2.05, 4.69) is 10.2 Å². The second-order valence-corrected chi connectivity index (χ2v) is 5.19. The number of hydrogen-bond donors (Lipinski definition) is 1. The maximum Gasteiger partial charge on any atom is 0.283 e. The SMILES string of the molecule is COc1ccc(N)c(SCc2nnc(-c3ccco3)o2)c1. The van der Waals surface area contributed by atoms with Gasteiger partial charge in [0.2, 0.25) is 5.89 Å². The summed E-state index contributed by atoms with van der Waals surface area (Å²) in [5.74, 6) is 2.71. The molecule has 3 rings (SSSR count). The number of rotatable bonds is 5. The van der Waals surface area contributed by atoms with E-state index in [9.17, 15) is 0 Å². The maximum atomic E-state index is 5.93. The Kier molecular flexibility index (Phi) is 3.83. The van der Waals surface area contributed by atoms with Gasteiger partial charge in [-0.2, -0.15) is 0 Å². The van der Waals surface area contributed by atoms with Crippen LogP contribution in [0.2, 0.25) is 0 Å². The maximum absolute atomic E-state index is 5.93. The van der Waals surface area contributed by atoms with Gasteiger partial charge in [0.15, 0.2) is 5.76 Å². The van der Waals surface area contributed by atoms with Crippen LogP contribution in [0.25, 0.3) is 11.7 Å². The number of nitrogens with two attached hydrogens (primary N) is 1. The van der Waals surface area contributed by atoms with Crippen molar-refractivity contribution in [2.75, 3.05) is 12.8 Å². The summed E-state index contributed by atoms with van der Waals surface area (Å²) in [4.78, 5) is 0.909. The minimum Gasteiger partial charge on any atom is -0.497 e. The number of nitrogen functional groups attached to an aromatic ring is 1. The summed E-state index contributed by atoms with van der Waals surface area (Å²) in [5, 5.41) is 7.94. The summed E-state index contributed by atoms with van der Waals surface area (Å²) in [6.07, 6.45) is 1.56. The Morgan fingerprint density at radius 3 is 2.95 bits per heavy atom. The molecule has 0 aliphatic carbocycles. The molecule has 0 aliphatic heterocycles. The fraction of sp³-hybridized carbons (Fsp3) is 0.143. The van der Waals surface area contributed by atoms with Gasteiger partial charge in [-0.25, -0.2) is 0 Å². The van der Waals surface area contributed by atoms with Gasteiger partial charge >= 0.3 is 0 Å². The van der Waals surface area contributed by atoms with Crippen molar-refractivity contribution in [2.45, 2.75) is 10.6 Å². The number of anilines is 1. The Hall–Kier alpha value is -2.41. The Labute approximate surface area is 125 Å². The molecule has 0 atom stereocenters. The number of furan rings is 1. The van der Waals surface area contributed by atoms with Crippen LogP contribution in [0.3, 0.4) is 0 Å². The predicted octanol–water partition coefficient (Wildman–Crippen LogP) is 3.21. The van der Waals surface area contributed by atoms with Crippen molar-refractivity contribution in [1.29, 1.82) is 0 Å². The van der Waals surface area contributed by atoms with E-state index in [1.54, 1.807) is 25.5 Å². The van der Waals surface area contributed by atoms with E-state index in [0.29, 0.717) is 29.0 Å². The topological polar surface area (TPSA) is 87.3 Å². The minimum atomic E-state index is 0.370. The third kappa shape index (κ3) is 3.03. The highest BCUT2D eigenvalue weighted by atomic mass is 32.2. The Morgan fingerprint density at radius 1 is 1.29 bits per heavy atom. The fourth-order valence-corrected chi connectivity index (χ4v) is 2.55. The first kappa shape index (κ1) is 13.6. The van der Waals surface area contributed by atoms with Gasteiger partial charge in [-0.1, -0.05) is 0 Å². The quantitative estimate of drug-likeness (QED) is 0.572. The van der Waals surface area contributed by atoms with Crippen molar-refractivity contribution in [3.63, 3.8) is 0 Å². The van der Waals surface area contributed by atoms with E-state index < -0.39 is 0 Å². The number of thioether (sulfide) groups is 1. The second kappa shape index (κ2) is 5.92. The van der Waals surface area contributed by atoms with Gasteiger partial charge in [-0.3, -0.25) is 0 Å². The van der Waals surface area contributed by atoms with Gasteiger partial charge in [0.05, 0.1) is 19.1 Å². The van der Waals surface area contributed by atoms with Crippen LogP contribution in [-0.2, 0) is 5.75 Å². The molecule has 0 spiro atoms. The first-order chi connectivity index (χ1) is 10.3. The zero-order chi connectivity index (χ0) is 14.7. The van der Waals surface area contributed by atoms with Crippen LogP contribution in [0.4, 0.5) is 5.69 Å². The molecule has 0 amide bonds. The van der Waals surface area contributed by atoms with Crippen LogP contribution < -0.4 is 10.5 Å². The molecule has 0 saturated heterocycles. The van der Waals surface area contributed by atoms with Crippen LogP contribution in [-0.4, -0.2) is 17.3 Å². The number of hydrogen-bond acceptors (Lipinski definition) is 7. The van der Waals surface area contributed by atoms with E-state index in [0.717, 1.165) is 10.6 Å². The van der Waals surface area contributed by atoms with Crippen LogP contribution in [0, 0.1) is 0 Å². The number of nitrogens with zero attached hydrogens (tertiary/aromatic N) is 2. The van der Waals surface area contributed by atoms with E-state index in [1.807, 2.05) is 18.2 Å². The first-order valence-electron chi connectivity index (χ1n) is 6.19. The van der Waals surface area contributed by atoms with Crippen molar-refractivity contribution in [1.82, 2.24) is 10.2 Å². The second-order valence-electron chi connectivity index (χ2n) is 4.17. The molecule has 6 nitrogen and oxygen atoms in total. The molecule has 0 fully saturated rings. The van der Waals surface area contributed by atoms with Crippen molar-refractivity contribution >= 4 is 17.4 Å². The third-order valence-corrected chi connectivity index (χ3v) is 3.83. The zero-order valence-corrected chi connectivity index (χ0v) is 12.1. The van der Waals surface area contributed by atoms with Crippen molar-refractivity contribution in [2.24, 2.45) is 0 Å². The molecular formula is C14H13N3O3S. The molecule has 3 aromatic rings. The molecule has 2 heterocycles. The normalized spacial score (nSPS) is 10.7. The summed E-state index contributed by atoms with van der Waals surface area (Å²) in [6.45, 7) is 0. The summed E-state index contributed by atoms with van der Waals surface area (Å²) in [6, 6.07) is 9.05. The highest BCUT2D eigenvalue weighted by molar-refractivity contribution is 7.98. The number of ether oxygens (including phenoxy) is 1. The molecule has 1 aromatic carbocycles. The fourth-order valence-electron chi connectivity index (χ4n) is 1.72. The summed E-state index contributed by atoms with van der Waals surface area (Å²) >= 11 is 1.51. The van der Waals surface area contributed by atoms with Gasteiger partial charge in [-0.15, -0.1) is 22.0 Å². The van der Waals surface area contributed by atoms with Gasteiger partial charge < -0.3 is 19.3 Å². The molecule has 108 valence electrons. The molecule has 2 aromatic heterocycles. The van der Waals surface area contributed by atoms with E-state index in [4.69, 9.17) is 19.3 Å². The number of aromatic nitrogens is 2. The average Bonchev–Trinajstić information content (AvgIpc) is 3.17. The standard InChI is InChI=1S/C14H13N3O3S/c1-18-9-4-5-10(15)12(7-9)21-8-13-16-17-14(20-13)11-3-2-6-19-11/h2-7H,8,15H2,1H3. The Bertz CT molecular complexity index is 725. The number of methoxy groups -OCH3 is 1. The molecular weight excluding hydrogens is 290 g/mol. The van der Waals surface area contributed by atoms with Crippen molar-refractivity contribution < 1.29 is 13.6 Å². The Balaban J connectivity index is 1.71. The van der Waals surface area contributed by atoms with Crippen LogP contribution in [0.5, 0.6) is 5.75 Å². The average molecular weight is 303 g/mol. The van der Waals surface area contributed by atoms with Crippen LogP contribution in [0.15, 0.2) is 50.3 Å².